The normalized spacial score (nSPS) is 17.7. The number of aryl methyl sites for hydroxylation is 1. The van der Waals surface area contributed by atoms with Gasteiger partial charge >= 0.3 is 0 Å². The number of halogens is 1. The van der Waals surface area contributed by atoms with Gasteiger partial charge in [-0.2, -0.15) is 0 Å². The van der Waals surface area contributed by atoms with Crippen molar-refractivity contribution in [1.82, 2.24) is 19.7 Å². The molecule has 1 aromatic carbocycles. The molecule has 0 bridgehead atoms. The molecule has 6 heteroatoms. The fourth-order valence-corrected chi connectivity index (χ4v) is 4.51. The van der Waals surface area contributed by atoms with Gasteiger partial charge in [-0.15, -0.1) is 10.2 Å². The molecule has 2 aliphatic rings. The summed E-state index contributed by atoms with van der Waals surface area (Å²) in [5.74, 6) is 3.54. The van der Waals surface area contributed by atoms with Crippen molar-refractivity contribution in [3.63, 3.8) is 0 Å². The Balaban J connectivity index is 1.37. The summed E-state index contributed by atoms with van der Waals surface area (Å²) >= 11 is 6.19. The number of benzene rings is 1. The van der Waals surface area contributed by atoms with Crippen molar-refractivity contribution in [3.8, 4) is 0 Å². The lowest BCUT2D eigenvalue weighted by Gasteiger charge is -2.39. The second kappa shape index (κ2) is 8.57. The highest BCUT2D eigenvalue weighted by atomic mass is 35.5. The molecule has 0 atom stereocenters. The molecule has 2 fully saturated rings. The van der Waals surface area contributed by atoms with E-state index in [0.717, 1.165) is 47.4 Å². The maximum Gasteiger partial charge on any atom is 0.138 e. The van der Waals surface area contributed by atoms with Crippen LogP contribution in [0.5, 0.6) is 0 Å². The average Bonchev–Trinajstić information content (AvgIpc) is 3.39. The van der Waals surface area contributed by atoms with Gasteiger partial charge in [0.15, 0.2) is 0 Å². The molecule has 0 N–H and O–H groups in total. The van der Waals surface area contributed by atoms with Crippen molar-refractivity contribution in [2.45, 2.75) is 64.8 Å². The predicted molar refractivity (Wildman–Crippen MR) is 116 cm³/mol. The predicted octanol–water partition coefficient (Wildman–Crippen LogP) is 4.37. The summed E-state index contributed by atoms with van der Waals surface area (Å²) in [6.45, 7) is 9.81. The van der Waals surface area contributed by atoms with Gasteiger partial charge in [-0.3, -0.25) is 4.79 Å². The molecule has 2 aromatic rings. The maximum absolute atomic E-state index is 12.6. The van der Waals surface area contributed by atoms with Crippen molar-refractivity contribution in [2.75, 3.05) is 19.6 Å². The third-order valence-electron chi connectivity index (χ3n) is 6.05. The average molecular weight is 415 g/mol. The first-order chi connectivity index (χ1) is 13.9. The number of hydrogen-bond acceptors (Lipinski definition) is 4. The van der Waals surface area contributed by atoms with E-state index >= 15 is 0 Å². The zero-order valence-electron chi connectivity index (χ0n) is 17.7. The molecule has 1 saturated carbocycles. The minimum Gasteiger partial charge on any atom is -0.312 e. The summed E-state index contributed by atoms with van der Waals surface area (Å²) in [7, 11) is 0. The summed E-state index contributed by atoms with van der Waals surface area (Å²) in [5, 5.41) is 9.78. The molecule has 156 valence electrons. The SMILES string of the molecule is Cc1c(Cl)cccc1CC(=O)CCc1nnc(C2CN(CC(C)C)C2)n1C1CC1. The molecule has 1 saturated heterocycles. The minimum absolute atomic E-state index is 0.231. The van der Waals surface area contributed by atoms with E-state index in [1.807, 2.05) is 25.1 Å². The van der Waals surface area contributed by atoms with Crippen LogP contribution in [0.4, 0.5) is 0 Å². The Morgan fingerprint density at radius 1 is 1.24 bits per heavy atom. The Hall–Kier alpha value is -1.72. The Bertz CT molecular complexity index is 881. The lowest BCUT2D eigenvalue weighted by molar-refractivity contribution is -0.118. The van der Waals surface area contributed by atoms with Crippen molar-refractivity contribution in [1.29, 1.82) is 0 Å². The second-order valence-electron chi connectivity index (χ2n) is 9.12. The quantitative estimate of drug-likeness (QED) is 0.611. The van der Waals surface area contributed by atoms with E-state index in [0.29, 0.717) is 37.1 Å². The van der Waals surface area contributed by atoms with Crippen LogP contribution in [-0.2, 0) is 17.6 Å². The number of likely N-dealkylation sites (tertiary alicyclic amines) is 1. The summed E-state index contributed by atoms with van der Waals surface area (Å²) in [6.07, 6.45) is 4.02. The Morgan fingerprint density at radius 2 is 2.00 bits per heavy atom. The maximum atomic E-state index is 12.6. The van der Waals surface area contributed by atoms with Gasteiger partial charge in [0.2, 0.25) is 0 Å². The van der Waals surface area contributed by atoms with Crippen molar-refractivity contribution in [3.05, 3.63) is 46.0 Å². The van der Waals surface area contributed by atoms with E-state index in [9.17, 15) is 4.79 Å². The van der Waals surface area contributed by atoms with Crippen LogP contribution in [0.25, 0.3) is 0 Å². The van der Waals surface area contributed by atoms with Crippen LogP contribution in [-0.4, -0.2) is 45.1 Å². The molecule has 5 nitrogen and oxygen atoms in total. The Kier molecular flexibility index (Phi) is 6.07. The highest BCUT2D eigenvalue weighted by Gasteiger charge is 2.37. The molecule has 0 amide bonds. The fourth-order valence-electron chi connectivity index (χ4n) is 4.31. The van der Waals surface area contributed by atoms with Crippen LogP contribution in [0.2, 0.25) is 5.02 Å². The smallest absolute Gasteiger partial charge is 0.138 e. The number of rotatable bonds is 9. The third kappa shape index (κ3) is 4.72. The van der Waals surface area contributed by atoms with Crippen molar-refractivity contribution in [2.24, 2.45) is 5.92 Å². The van der Waals surface area contributed by atoms with Crippen LogP contribution in [0.15, 0.2) is 18.2 Å². The summed E-state index contributed by atoms with van der Waals surface area (Å²) in [6, 6.07) is 6.31. The van der Waals surface area contributed by atoms with Gasteiger partial charge in [-0.05, 0) is 42.9 Å². The van der Waals surface area contributed by atoms with E-state index in [1.165, 1.54) is 12.8 Å². The highest BCUT2D eigenvalue weighted by molar-refractivity contribution is 6.31. The van der Waals surface area contributed by atoms with Crippen molar-refractivity contribution < 1.29 is 4.79 Å². The first-order valence-corrected chi connectivity index (χ1v) is 11.2. The monoisotopic (exact) mass is 414 g/mol. The molecule has 2 heterocycles. The molecule has 0 radical (unpaired) electrons. The lowest BCUT2D eigenvalue weighted by Crippen LogP contribution is -2.47. The second-order valence-corrected chi connectivity index (χ2v) is 9.53. The molecule has 0 unspecified atom stereocenters. The highest BCUT2D eigenvalue weighted by Crippen LogP contribution is 2.39. The van der Waals surface area contributed by atoms with Crippen LogP contribution < -0.4 is 0 Å². The van der Waals surface area contributed by atoms with Gasteiger partial charge in [0.1, 0.15) is 17.4 Å². The lowest BCUT2D eigenvalue weighted by atomic mass is 9.97. The summed E-state index contributed by atoms with van der Waals surface area (Å²) in [4.78, 5) is 15.1. The number of ketones is 1. The molecule has 1 aliphatic carbocycles. The zero-order valence-corrected chi connectivity index (χ0v) is 18.5. The van der Waals surface area contributed by atoms with Crippen LogP contribution in [0, 0.1) is 12.8 Å². The van der Waals surface area contributed by atoms with Crippen LogP contribution in [0.3, 0.4) is 0 Å². The third-order valence-corrected chi connectivity index (χ3v) is 6.45. The summed E-state index contributed by atoms with van der Waals surface area (Å²) < 4.78 is 2.36. The number of carbonyl (C=O) groups is 1. The van der Waals surface area contributed by atoms with Gasteiger partial charge in [0.25, 0.3) is 0 Å². The standard InChI is InChI=1S/C23H31ClN4O/c1-15(2)12-27-13-18(14-27)23-26-25-22(28(23)19-7-8-19)10-9-20(29)11-17-5-4-6-21(24)16(17)3/h4-6,15,18-19H,7-14H2,1-3H3. The van der Waals surface area contributed by atoms with Gasteiger partial charge in [-0.25, -0.2) is 0 Å². The van der Waals surface area contributed by atoms with Crippen LogP contribution >= 0.6 is 11.6 Å². The molecular weight excluding hydrogens is 384 g/mol. The molecule has 1 aromatic heterocycles. The van der Waals surface area contributed by atoms with E-state index in [4.69, 9.17) is 11.6 Å². The first kappa shape index (κ1) is 20.5. The number of carbonyl (C=O) groups excluding carboxylic acids is 1. The van der Waals surface area contributed by atoms with Gasteiger partial charge in [0, 0.05) is 55.9 Å². The molecule has 29 heavy (non-hydrogen) atoms. The van der Waals surface area contributed by atoms with Gasteiger partial charge in [0.05, 0.1) is 0 Å². The topological polar surface area (TPSA) is 51.0 Å². The number of nitrogens with zero attached hydrogens (tertiary/aromatic N) is 4. The first-order valence-electron chi connectivity index (χ1n) is 10.8. The molecule has 0 spiro atoms. The molecule has 1 aliphatic heterocycles. The minimum atomic E-state index is 0.231. The Morgan fingerprint density at radius 3 is 2.69 bits per heavy atom. The fraction of sp³-hybridized carbons (Fsp3) is 0.609. The number of Topliss-reactive ketones (excluding diaryl/α,β-unsaturated/α-hetero) is 1. The zero-order chi connectivity index (χ0) is 20.5. The molecular formula is C23H31ClN4O. The van der Waals surface area contributed by atoms with Crippen molar-refractivity contribution >= 4 is 17.4 Å². The van der Waals surface area contributed by atoms with E-state index < -0.39 is 0 Å². The van der Waals surface area contributed by atoms with E-state index in [1.54, 1.807) is 0 Å². The van der Waals surface area contributed by atoms with Crippen LogP contribution in [0.1, 0.15) is 67.8 Å². The van der Waals surface area contributed by atoms with Gasteiger partial charge in [-0.1, -0.05) is 37.6 Å². The largest absolute Gasteiger partial charge is 0.312 e. The number of hydrogen-bond donors (Lipinski definition) is 0. The number of aromatic nitrogens is 3. The van der Waals surface area contributed by atoms with E-state index in [-0.39, 0.29) is 5.78 Å². The molecule has 4 rings (SSSR count). The van der Waals surface area contributed by atoms with Gasteiger partial charge < -0.3 is 9.47 Å². The Labute approximate surface area is 178 Å². The van der Waals surface area contributed by atoms with E-state index in [2.05, 4.69) is 33.5 Å². The summed E-state index contributed by atoms with van der Waals surface area (Å²) in [5.41, 5.74) is 2.02.